The zero-order valence-corrected chi connectivity index (χ0v) is 13.8. The lowest BCUT2D eigenvalue weighted by molar-refractivity contribution is -0.154. The first-order chi connectivity index (χ1) is 12.0. The van der Waals surface area contributed by atoms with Crippen molar-refractivity contribution in [3.8, 4) is 0 Å². The van der Waals surface area contributed by atoms with Crippen LogP contribution in [0.1, 0.15) is 12.5 Å². The molecule has 0 bridgehead atoms. The quantitative estimate of drug-likeness (QED) is 0.382. The van der Waals surface area contributed by atoms with Crippen molar-refractivity contribution in [3.63, 3.8) is 0 Å². The highest BCUT2D eigenvalue weighted by molar-refractivity contribution is 6.19. The molecule has 0 saturated heterocycles. The maximum atomic E-state index is 12.4. The average Bonchev–Trinajstić information content (AvgIpc) is 2.92. The van der Waals surface area contributed by atoms with Crippen molar-refractivity contribution in [2.24, 2.45) is 11.7 Å². The maximum absolute atomic E-state index is 12.4. The fourth-order valence-corrected chi connectivity index (χ4v) is 2.36. The summed E-state index contributed by atoms with van der Waals surface area (Å²) < 4.78 is 4.80. The van der Waals surface area contributed by atoms with Crippen LogP contribution in [0.2, 0.25) is 0 Å². The van der Waals surface area contributed by atoms with E-state index in [0.29, 0.717) is 11.4 Å². The molecule has 2 rings (SSSR count). The minimum atomic E-state index is -1.64. The van der Waals surface area contributed by atoms with Gasteiger partial charge in [0.1, 0.15) is 0 Å². The Kier molecular flexibility index (Phi) is 6.07. The van der Waals surface area contributed by atoms with Crippen molar-refractivity contribution in [3.05, 3.63) is 23.8 Å². The van der Waals surface area contributed by atoms with Gasteiger partial charge in [0.15, 0.2) is 0 Å². The number of carbonyl (C=O) groups excluding carboxylic acids is 4. The number of amides is 3. The van der Waals surface area contributed by atoms with E-state index < -0.39 is 23.7 Å². The summed E-state index contributed by atoms with van der Waals surface area (Å²) >= 11 is 0. The number of hydrogen-bond acceptors (Lipinski definition) is 6. The minimum Gasteiger partial charge on any atom is -0.465 e. The molecule has 1 aliphatic heterocycles. The molecular formula is C16H20N4O5. The number of carbonyl (C=O) groups is 4. The van der Waals surface area contributed by atoms with E-state index in [1.807, 2.05) is 0 Å². The number of nitrogens with two attached hydrogens (primary N) is 1. The van der Waals surface area contributed by atoms with Crippen LogP contribution in [-0.2, 0) is 30.3 Å². The van der Waals surface area contributed by atoms with E-state index in [9.17, 15) is 19.2 Å². The van der Waals surface area contributed by atoms with Crippen molar-refractivity contribution >= 4 is 35.1 Å². The van der Waals surface area contributed by atoms with Crippen molar-refractivity contribution in [2.75, 3.05) is 30.3 Å². The Morgan fingerprint density at radius 2 is 2.08 bits per heavy atom. The Hall–Kier alpha value is -2.94. The van der Waals surface area contributed by atoms with Gasteiger partial charge in [-0.25, -0.2) is 0 Å². The highest BCUT2D eigenvalue weighted by Crippen LogP contribution is 2.26. The molecule has 1 unspecified atom stereocenters. The van der Waals surface area contributed by atoms with Crippen molar-refractivity contribution in [1.82, 2.24) is 5.32 Å². The fourth-order valence-electron chi connectivity index (χ4n) is 2.36. The molecule has 134 valence electrons. The molecule has 9 heteroatoms. The van der Waals surface area contributed by atoms with Crippen LogP contribution in [0.3, 0.4) is 0 Å². The van der Waals surface area contributed by atoms with Gasteiger partial charge in [0, 0.05) is 24.5 Å². The number of nitrogens with one attached hydrogen (secondary N) is 3. The first kappa shape index (κ1) is 18.4. The molecule has 0 saturated carbocycles. The number of esters is 1. The van der Waals surface area contributed by atoms with Crippen LogP contribution in [0.5, 0.6) is 0 Å². The summed E-state index contributed by atoms with van der Waals surface area (Å²) in [5.74, 6) is -4.32. The number of benzene rings is 1. The molecule has 0 radical (unpaired) electrons. The number of hydrogen-bond donors (Lipinski definition) is 4. The second-order valence-corrected chi connectivity index (χ2v) is 5.35. The van der Waals surface area contributed by atoms with Gasteiger partial charge < -0.3 is 26.4 Å². The molecule has 25 heavy (non-hydrogen) atoms. The molecule has 0 fully saturated rings. The van der Waals surface area contributed by atoms with Crippen LogP contribution in [0.4, 0.5) is 11.4 Å². The predicted octanol–water partition coefficient (Wildman–Crippen LogP) is -0.626. The van der Waals surface area contributed by atoms with Crippen LogP contribution >= 0.6 is 0 Å². The molecule has 5 N–H and O–H groups in total. The third-order valence-corrected chi connectivity index (χ3v) is 3.49. The SMILES string of the molecule is CCOC(=O)C(C(=O)NCCN)C(=O)Nc1ccc2c(c1)NC(=O)C2. The first-order valence-corrected chi connectivity index (χ1v) is 7.84. The van der Waals surface area contributed by atoms with Crippen LogP contribution in [0.15, 0.2) is 18.2 Å². The van der Waals surface area contributed by atoms with Crippen LogP contribution in [0, 0.1) is 5.92 Å². The third-order valence-electron chi connectivity index (χ3n) is 3.49. The topological polar surface area (TPSA) is 140 Å². The second-order valence-electron chi connectivity index (χ2n) is 5.35. The maximum Gasteiger partial charge on any atom is 0.328 e. The molecule has 0 spiro atoms. The largest absolute Gasteiger partial charge is 0.465 e. The second kappa shape index (κ2) is 8.25. The minimum absolute atomic E-state index is 0.0393. The number of anilines is 2. The van der Waals surface area contributed by atoms with Crippen molar-refractivity contribution in [2.45, 2.75) is 13.3 Å². The fraction of sp³-hybridized carbons (Fsp3) is 0.375. The molecule has 1 aromatic rings. The summed E-state index contributed by atoms with van der Waals surface area (Å²) in [5, 5.41) is 7.56. The van der Waals surface area contributed by atoms with Gasteiger partial charge in [-0.15, -0.1) is 0 Å². The lowest BCUT2D eigenvalue weighted by Gasteiger charge is -2.15. The molecule has 1 atom stereocenters. The van der Waals surface area contributed by atoms with Gasteiger partial charge in [-0.05, 0) is 24.6 Å². The van der Waals surface area contributed by atoms with E-state index in [0.717, 1.165) is 5.56 Å². The lowest BCUT2D eigenvalue weighted by Crippen LogP contribution is -2.44. The highest BCUT2D eigenvalue weighted by atomic mass is 16.5. The van der Waals surface area contributed by atoms with Gasteiger partial charge in [0.25, 0.3) is 0 Å². The van der Waals surface area contributed by atoms with E-state index in [-0.39, 0.29) is 32.0 Å². The summed E-state index contributed by atoms with van der Waals surface area (Å²) in [4.78, 5) is 47.8. The number of fused-ring (bicyclic) bond motifs is 1. The highest BCUT2D eigenvalue weighted by Gasteiger charge is 2.35. The monoisotopic (exact) mass is 348 g/mol. The summed E-state index contributed by atoms with van der Waals surface area (Å²) in [7, 11) is 0. The number of rotatable bonds is 7. The first-order valence-electron chi connectivity index (χ1n) is 7.84. The van der Waals surface area contributed by atoms with Gasteiger partial charge >= 0.3 is 5.97 Å². The standard InChI is InChI=1S/C16H20N4O5/c1-2-25-16(24)13(14(22)18-6-5-17)15(23)19-10-4-3-9-7-12(21)20-11(9)8-10/h3-4,8,13H,2,5-7,17H2,1H3,(H,18,22)(H,19,23)(H,20,21). The Bertz CT molecular complexity index is 704. The van der Waals surface area contributed by atoms with Gasteiger partial charge in [0.2, 0.25) is 23.6 Å². The molecular weight excluding hydrogens is 328 g/mol. The summed E-state index contributed by atoms with van der Waals surface area (Å²) in [6, 6.07) is 4.85. The molecule has 0 aliphatic carbocycles. The van der Waals surface area contributed by atoms with E-state index in [1.165, 1.54) is 0 Å². The Balaban J connectivity index is 2.13. The smallest absolute Gasteiger partial charge is 0.328 e. The summed E-state index contributed by atoms with van der Waals surface area (Å²) in [5.41, 5.74) is 7.06. The van der Waals surface area contributed by atoms with Crippen LogP contribution in [0.25, 0.3) is 0 Å². The van der Waals surface area contributed by atoms with E-state index >= 15 is 0 Å². The Morgan fingerprint density at radius 3 is 2.76 bits per heavy atom. The zero-order chi connectivity index (χ0) is 18.4. The number of ether oxygens (including phenoxy) is 1. The molecule has 3 amide bonds. The molecule has 0 aromatic heterocycles. The lowest BCUT2D eigenvalue weighted by atomic mass is 10.1. The molecule has 1 aromatic carbocycles. The van der Waals surface area contributed by atoms with Gasteiger partial charge in [-0.2, -0.15) is 0 Å². The van der Waals surface area contributed by atoms with E-state index in [1.54, 1.807) is 25.1 Å². The predicted molar refractivity (Wildman–Crippen MR) is 89.6 cm³/mol. The normalized spacial score (nSPS) is 13.4. The third kappa shape index (κ3) is 4.54. The van der Waals surface area contributed by atoms with E-state index in [2.05, 4.69) is 16.0 Å². The van der Waals surface area contributed by atoms with Gasteiger partial charge in [-0.1, -0.05) is 6.07 Å². The summed E-state index contributed by atoms with van der Waals surface area (Å²) in [6.07, 6.45) is 0.274. The van der Waals surface area contributed by atoms with Gasteiger partial charge in [-0.3, -0.25) is 19.2 Å². The Labute approximate surface area is 144 Å². The van der Waals surface area contributed by atoms with Crippen LogP contribution < -0.4 is 21.7 Å². The molecule has 1 aliphatic rings. The van der Waals surface area contributed by atoms with Crippen molar-refractivity contribution < 1.29 is 23.9 Å². The van der Waals surface area contributed by atoms with E-state index in [4.69, 9.17) is 10.5 Å². The zero-order valence-electron chi connectivity index (χ0n) is 13.8. The molecule has 1 heterocycles. The Morgan fingerprint density at radius 1 is 1.32 bits per heavy atom. The van der Waals surface area contributed by atoms with Crippen LogP contribution in [-0.4, -0.2) is 43.4 Å². The van der Waals surface area contributed by atoms with Crippen molar-refractivity contribution in [1.29, 1.82) is 0 Å². The molecule has 9 nitrogen and oxygen atoms in total. The average molecular weight is 348 g/mol. The summed E-state index contributed by atoms with van der Waals surface area (Å²) in [6.45, 7) is 1.92. The van der Waals surface area contributed by atoms with Gasteiger partial charge in [0.05, 0.1) is 13.0 Å².